The van der Waals surface area contributed by atoms with E-state index in [4.69, 9.17) is 5.73 Å². The number of fused-ring (bicyclic) bond motifs is 1. The minimum absolute atomic E-state index is 0.731. The van der Waals surface area contributed by atoms with Gasteiger partial charge in [-0.15, -0.1) is 0 Å². The molecule has 0 aliphatic heterocycles. The van der Waals surface area contributed by atoms with Gasteiger partial charge < -0.3 is 5.73 Å². The number of rotatable bonds is 0. The van der Waals surface area contributed by atoms with Crippen LogP contribution in [0.5, 0.6) is 0 Å². The highest BCUT2D eigenvalue weighted by Gasteiger charge is 2.15. The smallest absolute Gasteiger partial charge is 0.0316 e. The van der Waals surface area contributed by atoms with Gasteiger partial charge in [-0.2, -0.15) is 0 Å². The van der Waals surface area contributed by atoms with Gasteiger partial charge in [-0.25, -0.2) is 0 Å². The van der Waals surface area contributed by atoms with Crippen molar-refractivity contribution in [2.75, 3.05) is 5.73 Å². The van der Waals surface area contributed by atoms with Gasteiger partial charge in [0.05, 0.1) is 0 Å². The molecule has 1 heteroatoms. The molecule has 0 heterocycles. The molecule has 0 spiro atoms. The Hall–Kier alpha value is -0.980. The molecule has 0 fully saturated rings. The Kier molecular flexibility index (Phi) is 3.99. The van der Waals surface area contributed by atoms with E-state index in [0.29, 0.717) is 0 Å². The lowest BCUT2D eigenvalue weighted by molar-refractivity contribution is 0.590. The molecule has 0 saturated heterocycles. The summed E-state index contributed by atoms with van der Waals surface area (Å²) in [6, 6.07) is 6.33. The van der Waals surface area contributed by atoms with Gasteiger partial charge >= 0.3 is 0 Å². The molecular weight excluding hydrogens is 170 g/mol. The number of nitrogens with two attached hydrogens (primary N) is 1. The molecule has 0 amide bonds. The summed E-state index contributed by atoms with van der Waals surface area (Å²) >= 11 is 0. The number of nitrogen functional groups attached to an aromatic ring is 1. The molecule has 78 valence electrons. The molecule has 1 unspecified atom stereocenters. The van der Waals surface area contributed by atoms with Crippen molar-refractivity contribution in [1.29, 1.82) is 0 Å². The average molecular weight is 191 g/mol. The fourth-order valence-electron chi connectivity index (χ4n) is 2.08. The van der Waals surface area contributed by atoms with Crippen LogP contribution in [0.25, 0.3) is 0 Å². The summed E-state index contributed by atoms with van der Waals surface area (Å²) in [6.45, 7) is 6.30. The lowest BCUT2D eigenvalue weighted by Gasteiger charge is -2.22. The Morgan fingerprint density at radius 2 is 2.00 bits per heavy atom. The van der Waals surface area contributed by atoms with Gasteiger partial charge in [0.2, 0.25) is 0 Å². The molecule has 14 heavy (non-hydrogen) atoms. The molecule has 0 bridgehead atoms. The Morgan fingerprint density at radius 1 is 1.29 bits per heavy atom. The minimum atomic E-state index is 0.731. The highest BCUT2D eigenvalue weighted by atomic mass is 14.5. The normalized spacial score (nSPS) is 19.2. The van der Waals surface area contributed by atoms with Crippen LogP contribution in [0, 0.1) is 0 Å². The van der Waals surface area contributed by atoms with Crippen molar-refractivity contribution in [3.8, 4) is 0 Å². The van der Waals surface area contributed by atoms with Crippen LogP contribution in [0.2, 0.25) is 0 Å². The quantitative estimate of drug-likeness (QED) is 0.621. The zero-order chi connectivity index (χ0) is 10.6. The molecule has 0 saturated carbocycles. The molecule has 0 radical (unpaired) electrons. The maximum Gasteiger partial charge on any atom is 0.0316 e. The zero-order valence-electron chi connectivity index (χ0n) is 9.51. The molecule has 1 aromatic carbocycles. The maximum absolute atomic E-state index is 5.73. The third-order valence-corrected chi connectivity index (χ3v) is 2.78. The number of anilines is 1. The summed E-state index contributed by atoms with van der Waals surface area (Å²) in [4.78, 5) is 0. The van der Waals surface area contributed by atoms with Crippen LogP contribution in [-0.4, -0.2) is 0 Å². The van der Waals surface area contributed by atoms with E-state index in [1.54, 1.807) is 0 Å². The van der Waals surface area contributed by atoms with Crippen LogP contribution in [0.4, 0.5) is 5.69 Å². The predicted octanol–water partition coefficient (Wildman–Crippen LogP) is 3.73. The second kappa shape index (κ2) is 5.04. The Morgan fingerprint density at radius 3 is 2.71 bits per heavy atom. The lowest BCUT2D eigenvalue weighted by Crippen LogP contribution is -2.07. The van der Waals surface area contributed by atoms with E-state index in [1.165, 1.54) is 30.4 Å². The first kappa shape index (κ1) is 11.1. The van der Waals surface area contributed by atoms with Crippen molar-refractivity contribution in [2.24, 2.45) is 0 Å². The predicted molar refractivity (Wildman–Crippen MR) is 63.6 cm³/mol. The van der Waals surface area contributed by atoms with Gasteiger partial charge in [-0.3, -0.25) is 0 Å². The van der Waals surface area contributed by atoms with Gasteiger partial charge in [-0.05, 0) is 48.4 Å². The largest absolute Gasteiger partial charge is 0.399 e. The number of benzene rings is 1. The van der Waals surface area contributed by atoms with Crippen LogP contribution in [0.1, 0.15) is 50.7 Å². The third-order valence-electron chi connectivity index (χ3n) is 2.78. The zero-order valence-corrected chi connectivity index (χ0v) is 9.51. The molecule has 1 aromatic rings. The van der Waals surface area contributed by atoms with Gasteiger partial charge in [-0.1, -0.05) is 26.8 Å². The van der Waals surface area contributed by atoms with Crippen LogP contribution in [0.15, 0.2) is 18.2 Å². The first-order valence-electron chi connectivity index (χ1n) is 5.65. The van der Waals surface area contributed by atoms with E-state index < -0.39 is 0 Å². The van der Waals surface area contributed by atoms with Crippen molar-refractivity contribution in [1.82, 2.24) is 0 Å². The summed E-state index contributed by atoms with van der Waals surface area (Å²) in [5, 5.41) is 0. The Labute approximate surface area is 87.3 Å². The van der Waals surface area contributed by atoms with Gasteiger partial charge in [0, 0.05) is 5.69 Å². The minimum Gasteiger partial charge on any atom is -0.399 e. The van der Waals surface area contributed by atoms with Crippen molar-refractivity contribution >= 4 is 5.69 Å². The van der Waals surface area contributed by atoms with Crippen molar-refractivity contribution in [2.45, 2.75) is 46.0 Å². The van der Waals surface area contributed by atoms with E-state index in [0.717, 1.165) is 11.6 Å². The SMILES string of the molecule is CC.CC1CCCc2cc(N)ccc21. The van der Waals surface area contributed by atoms with Crippen LogP contribution >= 0.6 is 0 Å². The van der Waals surface area contributed by atoms with Crippen molar-refractivity contribution in [3.05, 3.63) is 29.3 Å². The molecule has 1 nitrogen and oxygen atoms in total. The van der Waals surface area contributed by atoms with Crippen LogP contribution in [0.3, 0.4) is 0 Å². The standard InChI is InChI=1S/C11H15N.C2H6/c1-8-3-2-4-9-7-10(12)5-6-11(8)9;1-2/h5-8H,2-4,12H2,1H3;1-2H3. The molecule has 0 aromatic heterocycles. The Bertz CT molecular complexity index is 291. The third kappa shape index (κ3) is 2.28. The van der Waals surface area contributed by atoms with Crippen LogP contribution < -0.4 is 5.73 Å². The van der Waals surface area contributed by atoms with E-state index >= 15 is 0 Å². The topological polar surface area (TPSA) is 26.0 Å². The van der Waals surface area contributed by atoms with Gasteiger partial charge in [0.15, 0.2) is 0 Å². The summed E-state index contributed by atoms with van der Waals surface area (Å²) in [5.74, 6) is 0.731. The second-order valence-corrected chi connectivity index (χ2v) is 3.75. The summed E-state index contributed by atoms with van der Waals surface area (Å²) in [5.41, 5.74) is 9.61. The van der Waals surface area contributed by atoms with E-state index in [1.807, 2.05) is 19.9 Å². The van der Waals surface area contributed by atoms with E-state index in [-0.39, 0.29) is 0 Å². The van der Waals surface area contributed by atoms with Gasteiger partial charge in [0.25, 0.3) is 0 Å². The average Bonchev–Trinajstić information content (AvgIpc) is 2.21. The van der Waals surface area contributed by atoms with E-state index in [9.17, 15) is 0 Å². The molecule has 1 atom stereocenters. The fourth-order valence-corrected chi connectivity index (χ4v) is 2.08. The first-order valence-corrected chi connectivity index (χ1v) is 5.65. The fraction of sp³-hybridized carbons (Fsp3) is 0.538. The van der Waals surface area contributed by atoms with Crippen molar-refractivity contribution < 1.29 is 0 Å². The molecule has 1 aliphatic carbocycles. The number of hydrogen-bond acceptors (Lipinski definition) is 1. The van der Waals surface area contributed by atoms with E-state index in [2.05, 4.69) is 19.1 Å². The number of hydrogen-bond donors (Lipinski definition) is 1. The van der Waals surface area contributed by atoms with Crippen LogP contribution in [-0.2, 0) is 6.42 Å². The molecule has 2 rings (SSSR count). The molecule has 2 N–H and O–H groups in total. The molecular formula is C13H21N. The second-order valence-electron chi connectivity index (χ2n) is 3.75. The maximum atomic E-state index is 5.73. The summed E-state index contributed by atoms with van der Waals surface area (Å²) < 4.78 is 0. The first-order chi connectivity index (χ1) is 6.77. The lowest BCUT2D eigenvalue weighted by atomic mass is 9.84. The molecule has 1 aliphatic rings. The highest BCUT2D eigenvalue weighted by Crippen LogP contribution is 2.31. The monoisotopic (exact) mass is 191 g/mol. The van der Waals surface area contributed by atoms with Crippen molar-refractivity contribution in [3.63, 3.8) is 0 Å². The number of aryl methyl sites for hydroxylation is 1. The Balaban J connectivity index is 0.000000461. The van der Waals surface area contributed by atoms with Gasteiger partial charge in [0.1, 0.15) is 0 Å². The highest BCUT2D eigenvalue weighted by molar-refractivity contribution is 5.46. The summed E-state index contributed by atoms with van der Waals surface area (Å²) in [7, 11) is 0. The summed E-state index contributed by atoms with van der Waals surface area (Å²) in [6.07, 6.45) is 3.86.